The van der Waals surface area contributed by atoms with Crippen molar-refractivity contribution in [2.45, 2.75) is 45.1 Å². The number of ether oxygens (including phenoxy) is 1. The summed E-state index contributed by atoms with van der Waals surface area (Å²) in [6.07, 6.45) is 3.61. The maximum atomic E-state index is 13.2. The average Bonchev–Trinajstić information content (AvgIpc) is 2.98. The lowest BCUT2D eigenvalue weighted by Crippen LogP contribution is -2.24. The van der Waals surface area contributed by atoms with Gasteiger partial charge in [-0.3, -0.25) is 4.79 Å². The van der Waals surface area contributed by atoms with Crippen LogP contribution in [-0.2, 0) is 9.53 Å². The molecule has 1 radical (unpaired) electrons. The van der Waals surface area contributed by atoms with E-state index in [1.165, 1.54) is 18.6 Å². The van der Waals surface area contributed by atoms with Gasteiger partial charge in [0.25, 0.3) is 0 Å². The van der Waals surface area contributed by atoms with Crippen LogP contribution >= 0.6 is 0 Å². The Bertz CT molecular complexity index is 456. The molecule has 97 valence electrons. The average molecular weight is 249 g/mol. The predicted molar refractivity (Wildman–Crippen MR) is 67.6 cm³/mol. The first-order chi connectivity index (χ1) is 8.35. The molecule has 1 fully saturated rings. The second-order valence-electron chi connectivity index (χ2n) is 5.73. The van der Waals surface area contributed by atoms with Gasteiger partial charge >= 0.3 is 5.97 Å². The molecule has 0 amide bonds. The Labute approximate surface area is 107 Å². The van der Waals surface area contributed by atoms with Gasteiger partial charge < -0.3 is 4.74 Å². The van der Waals surface area contributed by atoms with E-state index in [0.29, 0.717) is 11.5 Å². The van der Waals surface area contributed by atoms with E-state index in [1.807, 2.05) is 20.8 Å². The van der Waals surface area contributed by atoms with Crippen LogP contribution in [0.1, 0.15) is 50.7 Å². The van der Waals surface area contributed by atoms with E-state index in [9.17, 15) is 9.18 Å². The van der Waals surface area contributed by atoms with E-state index in [4.69, 9.17) is 4.74 Å². The van der Waals surface area contributed by atoms with Gasteiger partial charge in [-0.25, -0.2) is 4.39 Å². The van der Waals surface area contributed by atoms with Crippen molar-refractivity contribution in [1.29, 1.82) is 0 Å². The molecule has 0 aromatic heterocycles. The van der Waals surface area contributed by atoms with Gasteiger partial charge in [0.05, 0.1) is 6.42 Å². The van der Waals surface area contributed by atoms with Crippen LogP contribution in [0.15, 0.2) is 18.2 Å². The molecule has 18 heavy (non-hydrogen) atoms. The SMILES string of the molecule is CC(C)(C)OC(=O)[CH]c1cc(F)ccc1C1CC1. The summed E-state index contributed by atoms with van der Waals surface area (Å²) in [7, 11) is 0. The highest BCUT2D eigenvalue weighted by molar-refractivity contribution is 5.84. The number of hydrogen-bond donors (Lipinski definition) is 0. The summed E-state index contributed by atoms with van der Waals surface area (Å²) >= 11 is 0. The quantitative estimate of drug-likeness (QED) is 0.765. The van der Waals surface area contributed by atoms with Gasteiger partial charge in [-0.05, 0) is 62.8 Å². The summed E-state index contributed by atoms with van der Waals surface area (Å²) < 4.78 is 18.5. The van der Waals surface area contributed by atoms with E-state index in [2.05, 4.69) is 0 Å². The predicted octanol–water partition coefficient (Wildman–Crippen LogP) is 3.60. The molecule has 0 spiro atoms. The molecule has 0 N–H and O–H groups in total. The van der Waals surface area contributed by atoms with E-state index in [1.54, 1.807) is 6.07 Å². The van der Waals surface area contributed by atoms with Gasteiger partial charge in [0, 0.05) is 0 Å². The third kappa shape index (κ3) is 3.56. The lowest BCUT2D eigenvalue weighted by Gasteiger charge is -2.19. The van der Waals surface area contributed by atoms with E-state index < -0.39 is 11.6 Å². The normalized spacial score (nSPS) is 15.6. The molecule has 2 rings (SSSR count). The molecule has 1 aromatic rings. The molecular formula is C15H18FO2. The van der Waals surface area contributed by atoms with Crippen molar-refractivity contribution in [3.05, 3.63) is 41.6 Å². The number of halogens is 1. The second-order valence-corrected chi connectivity index (χ2v) is 5.73. The number of hydrogen-bond acceptors (Lipinski definition) is 2. The standard InChI is InChI=1S/C15H18FO2/c1-15(2,3)18-14(17)9-11-8-12(16)6-7-13(11)10-4-5-10/h6-10H,4-5H2,1-3H3. The van der Waals surface area contributed by atoms with Crippen molar-refractivity contribution in [2.75, 3.05) is 0 Å². The second kappa shape index (κ2) is 4.71. The third-order valence-corrected chi connectivity index (χ3v) is 2.75. The molecule has 0 bridgehead atoms. The summed E-state index contributed by atoms with van der Waals surface area (Å²) in [6.45, 7) is 5.43. The first-order valence-electron chi connectivity index (χ1n) is 6.22. The largest absolute Gasteiger partial charge is 0.459 e. The van der Waals surface area contributed by atoms with Crippen LogP contribution in [-0.4, -0.2) is 11.6 Å². The molecule has 0 atom stereocenters. The van der Waals surface area contributed by atoms with Crippen molar-refractivity contribution in [3.8, 4) is 0 Å². The van der Waals surface area contributed by atoms with Crippen molar-refractivity contribution in [2.24, 2.45) is 0 Å². The van der Waals surface area contributed by atoms with E-state index >= 15 is 0 Å². The van der Waals surface area contributed by atoms with Crippen LogP contribution in [0.25, 0.3) is 0 Å². The molecule has 0 aliphatic heterocycles. The number of carbonyl (C=O) groups excluding carboxylic acids is 1. The highest BCUT2D eigenvalue weighted by Gasteiger charge is 2.27. The monoisotopic (exact) mass is 249 g/mol. The zero-order chi connectivity index (χ0) is 13.3. The maximum absolute atomic E-state index is 13.2. The zero-order valence-corrected chi connectivity index (χ0v) is 11.0. The van der Waals surface area contributed by atoms with Gasteiger partial charge in [-0.2, -0.15) is 0 Å². The summed E-state index contributed by atoms with van der Waals surface area (Å²) in [4.78, 5) is 11.7. The Hall–Kier alpha value is -1.38. The number of rotatable bonds is 3. The van der Waals surface area contributed by atoms with Crippen molar-refractivity contribution in [3.63, 3.8) is 0 Å². The molecule has 2 nitrogen and oxygen atoms in total. The fraction of sp³-hybridized carbons (Fsp3) is 0.467. The van der Waals surface area contributed by atoms with Crippen molar-refractivity contribution >= 4 is 5.97 Å². The maximum Gasteiger partial charge on any atom is 0.315 e. The lowest BCUT2D eigenvalue weighted by molar-refractivity contribution is -0.149. The topological polar surface area (TPSA) is 26.3 Å². The summed E-state index contributed by atoms with van der Waals surface area (Å²) in [6, 6.07) is 4.61. The molecule has 0 saturated heterocycles. The summed E-state index contributed by atoms with van der Waals surface area (Å²) in [5.74, 6) is -0.275. The van der Waals surface area contributed by atoms with Crippen LogP contribution in [0.4, 0.5) is 4.39 Å². The Morgan fingerprint density at radius 2 is 2.06 bits per heavy atom. The molecule has 3 heteroatoms. The van der Waals surface area contributed by atoms with E-state index in [0.717, 1.165) is 18.4 Å². The van der Waals surface area contributed by atoms with Crippen molar-refractivity contribution < 1.29 is 13.9 Å². The Kier molecular flexibility index (Phi) is 3.42. The van der Waals surface area contributed by atoms with Crippen LogP contribution in [0, 0.1) is 12.2 Å². The van der Waals surface area contributed by atoms with Crippen LogP contribution in [0.3, 0.4) is 0 Å². The van der Waals surface area contributed by atoms with Gasteiger partial charge in [0.1, 0.15) is 11.4 Å². The number of benzene rings is 1. The fourth-order valence-electron chi connectivity index (χ4n) is 1.89. The fourth-order valence-corrected chi connectivity index (χ4v) is 1.89. The third-order valence-electron chi connectivity index (χ3n) is 2.75. The first-order valence-corrected chi connectivity index (χ1v) is 6.22. The minimum absolute atomic E-state index is 0.325. The van der Waals surface area contributed by atoms with Gasteiger partial charge in [0.2, 0.25) is 0 Å². The molecule has 0 heterocycles. The Morgan fingerprint density at radius 1 is 1.39 bits per heavy atom. The molecule has 1 aliphatic rings. The molecule has 0 unspecified atom stereocenters. The van der Waals surface area contributed by atoms with Gasteiger partial charge in [-0.15, -0.1) is 0 Å². The minimum Gasteiger partial charge on any atom is -0.459 e. The van der Waals surface area contributed by atoms with E-state index in [-0.39, 0.29) is 5.82 Å². The molecule has 1 aromatic carbocycles. The first kappa shape index (κ1) is 13.1. The van der Waals surface area contributed by atoms with Crippen LogP contribution in [0.5, 0.6) is 0 Å². The number of carbonyl (C=O) groups is 1. The number of esters is 1. The van der Waals surface area contributed by atoms with Crippen molar-refractivity contribution in [1.82, 2.24) is 0 Å². The molecular weight excluding hydrogens is 231 g/mol. The van der Waals surface area contributed by atoms with Gasteiger partial charge in [0.15, 0.2) is 0 Å². The molecule has 1 saturated carbocycles. The Balaban J connectivity index is 2.12. The highest BCUT2D eigenvalue weighted by Crippen LogP contribution is 2.42. The van der Waals surface area contributed by atoms with Gasteiger partial charge in [-0.1, -0.05) is 6.07 Å². The Morgan fingerprint density at radius 3 is 2.61 bits per heavy atom. The summed E-state index contributed by atoms with van der Waals surface area (Å²) in [5, 5.41) is 0. The zero-order valence-electron chi connectivity index (χ0n) is 11.0. The minimum atomic E-state index is -0.527. The highest BCUT2D eigenvalue weighted by atomic mass is 19.1. The lowest BCUT2D eigenvalue weighted by atomic mass is 10.0. The smallest absolute Gasteiger partial charge is 0.315 e. The van der Waals surface area contributed by atoms with Crippen LogP contribution in [0.2, 0.25) is 0 Å². The molecule has 1 aliphatic carbocycles. The summed E-state index contributed by atoms with van der Waals surface area (Å²) in [5.41, 5.74) is 1.16. The van der Waals surface area contributed by atoms with Crippen LogP contribution < -0.4 is 0 Å².